The van der Waals surface area contributed by atoms with Crippen molar-refractivity contribution in [2.45, 2.75) is 32.5 Å². The number of amides is 1. The first kappa shape index (κ1) is 23.4. The number of anilines is 2. The molecular formula is C22H27F3N6O. The quantitative estimate of drug-likeness (QED) is 0.328. The third-order valence-corrected chi connectivity index (χ3v) is 4.91. The van der Waals surface area contributed by atoms with Crippen molar-refractivity contribution in [3.8, 4) is 0 Å². The molecule has 2 heterocycles. The van der Waals surface area contributed by atoms with Gasteiger partial charge in [0.15, 0.2) is 5.96 Å². The average molecular weight is 448 g/mol. The maximum Gasteiger partial charge on any atom is 0.419 e. The van der Waals surface area contributed by atoms with Gasteiger partial charge in [-0.3, -0.25) is 4.79 Å². The zero-order valence-electron chi connectivity index (χ0n) is 17.9. The zero-order valence-corrected chi connectivity index (χ0v) is 17.9. The topological polar surface area (TPSA) is 81.7 Å². The third kappa shape index (κ3) is 6.35. The Morgan fingerprint density at radius 1 is 1.16 bits per heavy atom. The summed E-state index contributed by atoms with van der Waals surface area (Å²) < 4.78 is 39.1. The van der Waals surface area contributed by atoms with E-state index in [1.807, 2.05) is 31.2 Å². The lowest BCUT2D eigenvalue weighted by molar-refractivity contribution is -0.137. The first-order valence-electron chi connectivity index (χ1n) is 10.6. The van der Waals surface area contributed by atoms with Crippen LogP contribution in [0.1, 0.15) is 30.9 Å². The van der Waals surface area contributed by atoms with E-state index >= 15 is 0 Å². The van der Waals surface area contributed by atoms with Crippen LogP contribution in [0, 0.1) is 0 Å². The Hall–Kier alpha value is -3.30. The highest BCUT2D eigenvalue weighted by Gasteiger charge is 2.33. The summed E-state index contributed by atoms with van der Waals surface area (Å²) in [6.45, 7) is 4.35. The molecule has 1 fully saturated rings. The lowest BCUT2D eigenvalue weighted by Gasteiger charge is -2.16. The van der Waals surface area contributed by atoms with Gasteiger partial charge in [0.25, 0.3) is 0 Å². The smallest absolute Gasteiger partial charge is 0.368 e. The molecule has 32 heavy (non-hydrogen) atoms. The van der Waals surface area contributed by atoms with E-state index in [0.717, 1.165) is 30.3 Å². The van der Waals surface area contributed by atoms with E-state index < -0.39 is 11.7 Å². The number of alkyl halides is 3. The molecule has 172 valence electrons. The summed E-state index contributed by atoms with van der Waals surface area (Å²) in [5, 5.41) is 8.93. The molecule has 3 rings (SSSR count). The summed E-state index contributed by atoms with van der Waals surface area (Å²) in [5.74, 6) is 0.515. The first-order chi connectivity index (χ1) is 15.4. The summed E-state index contributed by atoms with van der Waals surface area (Å²) >= 11 is 0. The number of aromatic nitrogens is 1. The molecule has 1 aromatic heterocycles. The van der Waals surface area contributed by atoms with Crippen LogP contribution in [0.15, 0.2) is 47.6 Å². The van der Waals surface area contributed by atoms with E-state index in [0.29, 0.717) is 32.0 Å². The molecule has 0 atom stereocenters. The fraction of sp³-hybridized carbons (Fsp3) is 0.409. The summed E-state index contributed by atoms with van der Waals surface area (Å²) in [6, 6.07) is 9.98. The normalized spacial score (nSPS) is 14.6. The lowest BCUT2D eigenvalue weighted by atomic mass is 10.2. The molecule has 0 aliphatic carbocycles. The van der Waals surface area contributed by atoms with Crippen LogP contribution in [0.3, 0.4) is 0 Å². The Labute approximate surface area is 185 Å². The van der Waals surface area contributed by atoms with Crippen LogP contribution < -0.4 is 20.9 Å². The number of hydrogen-bond acceptors (Lipinski definition) is 4. The molecule has 1 aliphatic heterocycles. The lowest BCUT2D eigenvalue weighted by Crippen LogP contribution is -2.39. The summed E-state index contributed by atoms with van der Waals surface area (Å²) in [7, 11) is 0. The maximum absolute atomic E-state index is 13.0. The van der Waals surface area contributed by atoms with Crippen LogP contribution in [0.2, 0.25) is 0 Å². The number of nitrogens with zero attached hydrogens (tertiary/aromatic N) is 3. The fourth-order valence-corrected chi connectivity index (χ4v) is 3.35. The minimum atomic E-state index is -4.46. The van der Waals surface area contributed by atoms with Gasteiger partial charge in [-0.1, -0.05) is 12.1 Å². The van der Waals surface area contributed by atoms with E-state index in [1.165, 1.54) is 12.3 Å². The van der Waals surface area contributed by atoms with Gasteiger partial charge in [-0.2, -0.15) is 13.2 Å². The molecular weight excluding hydrogens is 421 g/mol. The Morgan fingerprint density at radius 2 is 1.94 bits per heavy atom. The van der Waals surface area contributed by atoms with Gasteiger partial charge in [-0.25, -0.2) is 9.98 Å². The standard InChI is InChI=1S/C22H27F3N6O/c1-2-26-21(29-13-12-28-20-18(22(23,24)25)5-3-11-27-20)30-15-16-7-9-17(10-8-16)31-14-4-6-19(31)32/h3,5,7-11H,2,4,6,12-15H2,1H3,(H,27,28)(H2,26,29,30). The monoisotopic (exact) mass is 448 g/mol. The highest BCUT2D eigenvalue weighted by Crippen LogP contribution is 2.33. The van der Waals surface area contributed by atoms with E-state index in [1.54, 1.807) is 4.90 Å². The third-order valence-electron chi connectivity index (χ3n) is 4.91. The van der Waals surface area contributed by atoms with Gasteiger partial charge in [0.05, 0.1) is 12.1 Å². The number of aliphatic imine (C=N–C) groups is 1. The highest BCUT2D eigenvalue weighted by molar-refractivity contribution is 5.95. The molecule has 0 bridgehead atoms. The molecule has 1 amide bonds. The maximum atomic E-state index is 13.0. The molecule has 0 unspecified atom stereocenters. The van der Waals surface area contributed by atoms with Gasteiger partial charge in [0.1, 0.15) is 5.82 Å². The van der Waals surface area contributed by atoms with Crippen molar-refractivity contribution in [2.24, 2.45) is 4.99 Å². The Balaban J connectivity index is 1.52. The predicted octanol–water partition coefficient (Wildman–Crippen LogP) is 3.39. The molecule has 1 saturated heterocycles. The number of guanidine groups is 1. The number of benzene rings is 1. The van der Waals surface area contributed by atoms with Crippen molar-refractivity contribution < 1.29 is 18.0 Å². The number of rotatable bonds is 8. The zero-order chi connectivity index (χ0) is 23.0. The second-order valence-electron chi connectivity index (χ2n) is 7.26. The van der Waals surface area contributed by atoms with Gasteiger partial charge in [0.2, 0.25) is 5.91 Å². The molecule has 1 aliphatic rings. The van der Waals surface area contributed by atoms with Crippen molar-refractivity contribution >= 4 is 23.4 Å². The van der Waals surface area contributed by atoms with E-state index in [9.17, 15) is 18.0 Å². The number of pyridine rings is 1. The SMILES string of the molecule is CCNC(=NCc1ccc(N2CCCC2=O)cc1)NCCNc1ncccc1C(F)(F)F. The van der Waals surface area contributed by atoms with E-state index in [4.69, 9.17) is 0 Å². The number of halogens is 3. The number of nitrogens with one attached hydrogen (secondary N) is 3. The largest absolute Gasteiger partial charge is 0.419 e. The van der Waals surface area contributed by atoms with Crippen LogP contribution in [-0.4, -0.2) is 43.0 Å². The van der Waals surface area contributed by atoms with Crippen molar-refractivity contribution in [3.05, 3.63) is 53.7 Å². The number of carbonyl (C=O) groups is 1. The van der Waals surface area contributed by atoms with Crippen LogP contribution in [-0.2, 0) is 17.5 Å². The molecule has 2 aromatic rings. The molecule has 7 nitrogen and oxygen atoms in total. The molecule has 0 radical (unpaired) electrons. The molecule has 0 saturated carbocycles. The first-order valence-corrected chi connectivity index (χ1v) is 10.6. The van der Waals surface area contributed by atoms with Crippen molar-refractivity contribution in [2.75, 3.05) is 36.4 Å². The average Bonchev–Trinajstić information content (AvgIpc) is 3.20. The molecule has 0 spiro atoms. The van der Waals surface area contributed by atoms with Gasteiger partial charge in [0, 0.05) is 44.5 Å². The molecule has 1 aromatic carbocycles. The minimum absolute atomic E-state index is 0.149. The predicted molar refractivity (Wildman–Crippen MR) is 119 cm³/mol. The van der Waals surface area contributed by atoms with Crippen LogP contribution in [0.25, 0.3) is 0 Å². The van der Waals surface area contributed by atoms with Gasteiger partial charge in [-0.05, 0) is 43.2 Å². The van der Waals surface area contributed by atoms with Gasteiger partial charge < -0.3 is 20.9 Å². The molecule has 3 N–H and O–H groups in total. The van der Waals surface area contributed by atoms with Crippen molar-refractivity contribution in [1.29, 1.82) is 0 Å². The number of hydrogen-bond donors (Lipinski definition) is 3. The summed E-state index contributed by atoms with van der Waals surface area (Å²) in [4.78, 5) is 21.9. The second kappa shape index (κ2) is 10.8. The molecule has 10 heteroatoms. The van der Waals surface area contributed by atoms with E-state index in [-0.39, 0.29) is 18.3 Å². The van der Waals surface area contributed by atoms with E-state index in [2.05, 4.69) is 25.9 Å². The van der Waals surface area contributed by atoms with Crippen LogP contribution >= 0.6 is 0 Å². The van der Waals surface area contributed by atoms with Gasteiger partial charge in [-0.15, -0.1) is 0 Å². The highest BCUT2D eigenvalue weighted by atomic mass is 19.4. The Kier molecular flexibility index (Phi) is 7.91. The second-order valence-corrected chi connectivity index (χ2v) is 7.26. The number of carbonyl (C=O) groups excluding carboxylic acids is 1. The van der Waals surface area contributed by atoms with Crippen molar-refractivity contribution in [1.82, 2.24) is 15.6 Å². The summed E-state index contributed by atoms with van der Waals surface area (Å²) in [6.07, 6.45) is -1.66. The Morgan fingerprint density at radius 3 is 2.59 bits per heavy atom. The minimum Gasteiger partial charge on any atom is -0.368 e. The van der Waals surface area contributed by atoms with Gasteiger partial charge >= 0.3 is 6.18 Å². The van der Waals surface area contributed by atoms with Crippen LogP contribution in [0.4, 0.5) is 24.7 Å². The fourth-order valence-electron chi connectivity index (χ4n) is 3.35. The Bertz CT molecular complexity index is 930. The van der Waals surface area contributed by atoms with Crippen molar-refractivity contribution in [3.63, 3.8) is 0 Å². The summed E-state index contributed by atoms with van der Waals surface area (Å²) in [5.41, 5.74) is 1.09. The van der Waals surface area contributed by atoms with Crippen LogP contribution in [0.5, 0.6) is 0 Å².